The van der Waals surface area contributed by atoms with Crippen LogP contribution in [0, 0.1) is 5.41 Å². The van der Waals surface area contributed by atoms with E-state index in [4.69, 9.17) is 9.15 Å². The zero-order valence-electron chi connectivity index (χ0n) is 10.0. The van der Waals surface area contributed by atoms with E-state index in [1.54, 1.807) is 13.4 Å². The number of hydrogen-bond acceptors (Lipinski definition) is 3. The molecule has 0 saturated carbocycles. The maximum Gasteiger partial charge on any atom is 0.117 e. The van der Waals surface area contributed by atoms with Gasteiger partial charge in [-0.15, -0.1) is 0 Å². The summed E-state index contributed by atoms with van der Waals surface area (Å²) in [5.41, 5.74) is 0.158. The second kappa shape index (κ2) is 5.33. The Balaban J connectivity index is 2.29. The lowest BCUT2D eigenvalue weighted by Crippen LogP contribution is -2.37. The third-order valence-corrected chi connectivity index (χ3v) is 2.46. The van der Waals surface area contributed by atoms with E-state index in [1.165, 1.54) is 0 Å². The molecule has 1 heterocycles. The van der Waals surface area contributed by atoms with E-state index in [0.717, 1.165) is 18.8 Å². The summed E-state index contributed by atoms with van der Waals surface area (Å²) >= 11 is 0. The zero-order valence-corrected chi connectivity index (χ0v) is 10.0. The average molecular weight is 211 g/mol. The maximum atomic E-state index is 5.44. The van der Waals surface area contributed by atoms with Gasteiger partial charge < -0.3 is 14.5 Å². The van der Waals surface area contributed by atoms with Crippen LogP contribution in [0.15, 0.2) is 22.8 Å². The Morgan fingerprint density at radius 2 is 2.20 bits per heavy atom. The van der Waals surface area contributed by atoms with Gasteiger partial charge >= 0.3 is 0 Å². The molecule has 15 heavy (non-hydrogen) atoms. The molecule has 0 amide bonds. The van der Waals surface area contributed by atoms with Crippen molar-refractivity contribution >= 4 is 0 Å². The van der Waals surface area contributed by atoms with Gasteiger partial charge in [0.2, 0.25) is 0 Å². The van der Waals surface area contributed by atoms with Crippen molar-refractivity contribution in [1.29, 1.82) is 0 Å². The predicted octanol–water partition coefficient (Wildman–Crippen LogP) is 2.43. The molecule has 86 valence electrons. The minimum Gasteiger partial charge on any atom is -0.468 e. The zero-order chi connectivity index (χ0) is 11.3. The van der Waals surface area contributed by atoms with Crippen molar-refractivity contribution in [2.45, 2.75) is 33.4 Å². The smallest absolute Gasteiger partial charge is 0.117 e. The minimum absolute atomic E-state index is 0.158. The first-order valence-corrected chi connectivity index (χ1v) is 5.30. The van der Waals surface area contributed by atoms with E-state index >= 15 is 0 Å². The van der Waals surface area contributed by atoms with Gasteiger partial charge in [-0.3, -0.25) is 0 Å². The second-order valence-corrected chi connectivity index (χ2v) is 4.80. The normalized spacial score (nSPS) is 14.1. The number of ether oxygens (including phenoxy) is 1. The summed E-state index contributed by atoms with van der Waals surface area (Å²) in [7, 11) is 1.75. The minimum atomic E-state index is 0.158. The molecule has 1 aromatic heterocycles. The third-order valence-electron chi connectivity index (χ3n) is 2.46. The molecule has 3 heteroatoms. The number of methoxy groups -OCH3 is 1. The molecule has 1 aromatic rings. The number of nitrogens with one attached hydrogen (secondary N) is 1. The highest BCUT2D eigenvalue weighted by Gasteiger charge is 2.23. The van der Waals surface area contributed by atoms with E-state index in [-0.39, 0.29) is 11.5 Å². The fraction of sp³-hybridized carbons (Fsp3) is 0.667. The molecular weight excluding hydrogens is 190 g/mol. The SMILES string of the molecule is COC(CNCc1ccco1)C(C)(C)C. The molecule has 1 atom stereocenters. The summed E-state index contributed by atoms with van der Waals surface area (Å²) in [5, 5.41) is 3.33. The van der Waals surface area contributed by atoms with E-state index in [9.17, 15) is 0 Å². The van der Waals surface area contributed by atoms with Crippen LogP contribution in [0.1, 0.15) is 26.5 Å². The standard InChI is InChI=1S/C12H21NO2/c1-12(2,3)11(14-4)9-13-8-10-6-5-7-15-10/h5-7,11,13H,8-9H2,1-4H3. The summed E-state index contributed by atoms with van der Waals surface area (Å²) in [5.74, 6) is 0.957. The fourth-order valence-electron chi connectivity index (χ4n) is 1.48. The quantitative estimate of drug-likeness (QED) is 0.812. The number of rotatable bonds is 5. The van der Waals surface area contributed by atoms with Crippen LogP contribution in [-0.4, -0.2) is 19.8 Å². The lowest BCUT2D eigenvalue weighted by atomic mass is 9.89. The van der Waals surface area contributed by atoms with Crippen molar-refractivity contribution in [3.8, 4) is 0 Å². The Labute approximate surface area is 91.8 Å². The summed E-state index contributed by atoms with van der Waals surface area (Å²) in [6.45, 7) is 8.12. The maximum absolute atomic E-state index is 5.44. The first-order valence-electron chi connectivity index (χ1n) is 5.30. The molecule has 1 N–H and O–H groups in total. The van der Waals surface area contributed by atoms with E-state index in [2.05, 4.69) is 26.1 Å². The molecule has 3 nitrogen and oxygen atoms in total. The van der Waals surface area contributed by atoms with Gasteiger partial charge in [-0.1, -0.05) is 20.8 Å². The number of furan rings is 1. The Kier molecular flexibility index (Phi) is 4.36. The van der Waals surface area contributed by atoms with Crippen LogP contribution in [0.5, 0.6) is 0 Å². The summed E-state index contributed by atoms with van der Waals surface area (Å²) in [4.78, 5) is 0. The van der Waals surface area contributed by atoms with Crippen LogP contribution in [0.3, 0.4) is 0 Å². The van der Waals surface area contributed by atoms with Crippen molar-refractivity contribution in [1.82, 2.24) is 5.32 Å². The van der Waals surface area contributed by atoms with Crippen LogP contribution in [0.25, 0.3) is 0 Å². The van der Waals surface area contributed by atoms with Gasteiger partial charge in [-0.25, -0.2) is 0 Å². The Morgan fingerprint density at radius 1 is 1.47 bits per heavy atom. The summed E-state index contributed by atoms with van der Waals surface area (Å²) in [6, 6.07) is 3.86. The third kappa shape index (κ3) is 4.06. The highest BCUT2D eigenvalue weighted by Crippen LogP contribution is 2.20. The molecule has 1 unspecified atom stereocenters. The van der Waals surface area contributed by atoms with Gasteiger partial charge in [0.05, 0.1) is 18.9 Å². The van der Waals surface area contributed by atoms with Crippen LogP contribution < -0.4 is 5.32 Å². The lowest BCUT2D eigenvalue weighted by Gasteiger charge is -2.29. The van der Waals surface area contributed by atoms with Crippen molar-refractivity contribution in [2.24, 2.45) is 5.41 Å². The average Bonchev–Trinajstić information content (AvgIpc) is 2.62. The van der Waals surface area contributed by atoms with E-state index < -0.39 is 0 Å². The molecule has 0 aliphatic carbocycles. The highest BCUT2D eigenvalue weighted by molar-refractivity contribution is 4.97. The van der Waals surface area contributed by atoms with Gasteiger partial charge in [-0.2, -0.15) is 0 Å². The molecular formula is C12H21NO2. The Bertz CT molecular complexity index is 262. The molecule has 0 aromatic carbocycles. The number of hydrogen-bond donors (Lipinski definition) is 1. The molecule has 0 aliphatic rings. The Hall–Kier alpha value is -0.800. The van der Waals surface area contributed by atoms with Crippen LogP contribution in [-0.2, 0) is 11.3 Å². The largest absolute Gasteiger partial charge is 0.468 e. The van der Waals surface area contributed by atoms with Gasteiger partial charge in [0.1, 0.15) is 5.76 Å². The van der Waals surface area contributed by atoms with Gasteiger partial charge in [0, 0.05) is 13.7 Å². The molecule has 0 saturated heterocycles. The lowest BCUT2D eigenvalue weighted by molar-refractivity contribution is 0.0171. The molecule has 0 radical (unpaired) electrons. The van der Waals surface area contributed by atoms with Crippen LogP contribution in [0.4, 0.5) is 0 Å². The Morgan fingerprint density at radius 3 is 2.67 bits per heavy atom. The first kappa shape index (κ1) is 12.3. The first-order chi connectivity index (χ1) is 7.04. The van der Waals surface area contributed by atoms with Crippen molar-refractivity contribution in [3.63, 3.8) is 0 Å². The predicted molar refractivity (Wildman–Crippen MR) is 60.7 cm³/mol. The van der Waals surface area contributed by atoms with Crippen LogP contribution >= 0.6 is 0 Å². The summed E-state index contributed by atoms with van der Waals surface area (Å²) in [6.07, 6.45) is 1.90. The van der Waals surface area contributed by atoms with Crippen molar-refractivity contribution in [3.05, 3.63) is 24.2 Å². The molecule has 0 fully saturated rings. The van der Waals surface area contributed by atoms with Crippen molar-refractivity contribution < 1.29 is 9.15 Å². The molecule has 1 rings (SSSR count). The van der Waals surface area contributed by atoms with Crippen LogP contribution in [0.2, 0.25) is 0 Å². The van der Waals surface area contributed by atoms with E-state index in [1.807, 2.05) is 12.1 Å². The molecule has 0 spiro atoms. The van der Waals surface area contributed by atoms with Gasteiger partial charge in [-0.05, 0) is 17.5 Å². The van der Waals surface area contributed by atoms with Gasteiger partial charge in [0.15, 0.2) is 0 Å². The molecule has 0 aliphatic heterocycles. The van der Waals surface area contributed by atoms with Crippen molar-refractivity contribution in [2.75, 3.05) is 13.7 Å². The highest BCUT2D eigenvalue weighted by atomic mass is 16.5. The topological polar surface area (TPSA) is 34.4 Å². The monoisotopic (exact) mass is 211 g/mol. The fourth-order valence-corrected chi connectivity index (χ4v) is 1.48. The summed E-state index contributed by atoms with van der Waals surface area (Å²) < 4.78 is 10.7. The second-order valence-electron chi connectivity index (χ2n) is 4.80. The molecule has 0 bridgehead atoms. The van der Waals surface area contributed by atoms with Gasteiger partial charge in [0.25, 0.3) is 0 Å². The van der Waals surface area contributed by atoms with E-state index in [0.29, 0.717) is 0 Å².